The summed E-state index contributed by atoms with van der Waals surface area (Å²) in [4.78, 5) is 29.4. The Morgan fingerprint density at radius 2 is 1.86 bits per heavy atom. The Labute approximate surface area is 170 Å². The summed E-state index contributed by atoms with van der Waals surface area (Å²) < 4.78 is 18.4. The molecule has 0 aliphatic rings. The molecule has 0 saturated carbocycles. The van der Waals surface area contributed by atoms with Crippen molar-refractivity contribution in [1.82, 2.24) is 9.38 Å². The normalized spacial score (nSPS) is 10.9. The van der Waals surface area contributed by atoms with Crippen molar-refractivity contribution in [2.75, 3.05) is 13.7 Å². The number of carbonyl (C=O) groups excluding carboxylic acids is 1. The summed E-state index contributed by atoms with van der Waals surface area (Å²) in [5, 5.41) is 0. The number of para-hydroxylation sites is 1. The van der Waals surface area contributed by atoms with Crippen molar-refractivity contribution in [3.8, 4) is 11.5 Å². The lowest BCUT2D eigenvalue weighted by atomic mass is 10.3. The number of hydrogen-bond acceptors (Lipinski definition) is 7. The molecule has 0 aliphatic heterocycles. The second-order valence-electron chi connectivity index (χ2n) is 6.21. The standard InChI is InChI=1S/C21H18N2O5S/c1-26-15-6-8-16(9-7-15)27-11-10-20(25)28-13-14-12-19(24)23-17-4-2-3-5-18(17)29-21(23)22-14/h2-9,12H,10-11,13H2,1H3. The molecule has 0 atom stereocenters. The third kappa shape index (κ3) is 4.22. The van der Waals surface area contributed by atoms with Crippen molar-refractivity contribution in [3.05, 3.63) is 70.6 Å². The molecule has 0 radical (unpaired) electrons. The average molecular weight is 410 g/mol. The Morgan fingerprint density at radius 3 is 2.66 bits per heavy atom. The number of nitrogens with zero attached hydrogens (tertiary/aromatic N) is 2. The van der Waals surface area contributed by atoms with Crippen LogP contribution in [0.4, 0.5) is 0 Å². The average Bonchev–Trinajstić information content (AvgIpc) is 3.11. The molecule has 2 heterocycles. The first-order valence-corrected chi connectivity index (χ1v) is 9.78. The van der Waals surface area contributed by atoms with Crippen LogP contribution in [0.5, 0.6) is 11.5 Å². The van der Waals surface area contributed by atoms with Gasteiger partial charge in [0.1, 0.15) is 18.1 Å². The van der Waals surface area contributed by atoms with Gasteiger partial charge < -0.3 is 14.2 Å². The molecule has 0 amide bonds. The van der Waals surface area contributed by atoms with Crippen molar-refractivity contribution in [2.24, 2.45) is 0 Å². The quantitative estimate of drug-likeness (QED) is 0.434. The first-order valence-electron chi connectivity index (χ1n) is 8.97. The smallest absolute Gasteiger partial charge is 0.309 e. The highest BCUT2D eigenvalue weighted by Crippen LogP contribution is 2.23. The summed E-state index contributed by atoms with van der Waals surface area (Å²) in [6, 6.07) is 16.1. The van der Waals surface area contributed by atoms with E-state index in [-0.39, 0.29) is 25.2 Å². The Bertz CT molecular complexity index is 1210. The first-order chi connectivity index (χ1) is 14.1. The highest BCUT2D eigenvalue weighted by atomic mass is 32.1. The molecule has 0 bridgehead atoms. The maximum atomic E-state index is 12.5. The van der Waals surface area contributed by atoms with Gasteiger partial charge in [-0.15, -0.1) is 0 Å². The first kappa shape index (κ1) is 18.9. The van der Waals surface area contributed by atoms with E-state index in [0.717, 1.165) is 16.0 Å². The predicted octanol–water partition coefficient (Wildman–Crippen LogP) is 3.43. The zero-order chi connectivity index (χ0) is 20.2. The third-order valence-corrected chi connectivity index (χ3v) is 5.29. The van der Waals surface area contributed by atoms with Gasteiger partial charge in [-0.1, -0.05) is 23.5 Å². The van der Waals surface area contributed by atoms with Gasteiger partial charge in [-0.2, -0.15) is 0 Å². The molecule has 0 N–H and O–H groups in total. The van der Waals surface area contributed by atoms with Gasteiger partial charge in [0.25, 0.3) is 5.56 Å². The molecule has 29 heavy (non-hydrogen) atoms. The van der Waals surface area contributed by atoms with E-state index in [0.29, 0.717) is 16.4 Å². The van der Waals surface area contributed by atoms with E-state index in [9.17, 15) is 9.59 Å². The molecule has 2 aromatic heterocycles. The highest BCUT2D eigenvalue weighted by molar-refractivity contribution is 7.23. The topological polar surface area (TPSA) is 79.1 Å². The van der Waals surface area contributed by atoms with Crippen LogP contribution < -0.4 is 15.0 Å². The molecule has 0 fully saturated rings. The van der Waals surface area contributed by atoms with E-state index >= 15 is 0 Å². The maximum absolute atomic E-state index is 12.5. The number of methoxy groups -OCH3 is 1. The summed E-state index contributed by atoms with van der Waals surface area (Å²) >= 11 is 1.42. The Hall–Kier alpha value is -3.39. The minimum absolute atomic E-state index is 0.0542. The lowest BCUT2D eigenvalue weighted by Crippen LogP contribution is -2.16. The third-order valence-electron chi connectivity index (χ3n) is 4.26. The summed E-state index contributed by atoms with van der Waals surface area (Å²) in [7, 11) is 1.59. The van der Waals surface area contributed by atoms with E-state index in [2.05, 4.69) is 4.98 Å². The number of aromatic nitrogens is 2. The predicted molar refractivity (Wildman–Crippen MR) is 110 cm³/mol. The molecule has 0 saturated heterocycles. The fourth-order valence-electron chi connectivity index (χ4n) is 2.85. The minimum Gasteiger partial charge on any atom is -0.497 e. The van der Waals surface area contributed by atoms with Crippen LogP contribution in [0.3, 0.4) is 0 Å². The Balaban J connectivity index is 1.34. The molecule has 4 aromatic rings. The summed E-state index contributed by atoms with van der Waals surface area (Å²) in [5.41, 5.74) is 1.05. The number of rotatable bonds is 7. The maximum Gasteiger partial charge on any atom is 0.309 e. The Morgan fingerprint density at radius 1 is 1.10 bits per heavy atom. The lowest BCUT2D eigenvalue weighted by molar-refractivity contribution is -0.145. The van der Waals surface area contributed by atoms with E-state index in [1.807, 2.05) is 24.3 Å². The number of hydrogen-bond donors (Lipinski definition) is 0. The minimum atomic E-state index is -0.420. The van der Waals surface area contributed by atoms with Gasteiger partial charge >= 0.3 is 5.97 Å². The van der Waals surface area contributed by atoms with E-state index in [4.69, 9.17) is 14.2 Å². The van der Waals surface area contributed by atoms with E-state index in [1.165, 1.54) is 17.4 Å². The highest BCUT2D eigenvalue weighted by Gasteiger charge is 2.11. The molecule has 0 aliphatic carbocycles. The van der Waals surface area contributed by atoms with Gasteiger partial charge in [0, 0.05) is 6.07 Å². The molecular formula is C21H18N2O5S. The SMILES string of the molecule is COc1ccc(OCCC(=O)OCc2cc(=O)n3c(n2)sc2ccccc23)cc1. The number of ether oxygens (including phenoxy) is 3. The van der Waals surface area contributed by atoms with Crippen molar-refractivity contribution in [3.63, 3.8) is 0 Å². The molecule has 2 aromatic carbocycles. The van der Waals surface area contributed by atoms with Crippen LogP contribution in [0.15, 0.2) is 59.4 Å². The second-order valence-corrected chi connectivity index (χ2v) is 7.22. The van der Waals surface area contributed by atoms with Gasteiger partial charge in [-0.05, 0) is 36.4 Å². The van der Waals surface area contributed by atoms with Gasteiger partial charge in [-0.25, -0.2) is 4.98 Å². The zero-order valence-corrected chi connectivity index (χ0v) is 16.5. The monoisotopic (exact) mass is 410 g/mol. The zero-order valence-electron chi connectivity index (χ0n) is 15.7. The van der Waals surface area contributed by atoms with Crippen LogP contribution >= 0.6 is 11.3 Å². The van der Waals surface area contributed by atoms with Crippen LogP contribution in [-0.2, 0) is 16.1 Å². The van der Waals surface area contributed by atoms with Gasteiger partial charge in [-0.3, -0.25) is 14.0 Å². The van der Waals surface area contributed by atoms with Crippen LogP contribution in [0, 0.1) is 0 Å². The molecule has 148 valence electrons. The second kappa shape index (κ2) is 8.32. The van der Waals surface area contributed by atoms with E-state index < -0.39 is 5.97 Å². The van der Waals surface area contributed by atoms with Gasteiger partial charge in [0.15, 0.2) is 4.96 Å². The molecule has 7 nitrogen and oxygen atoms in total. The Kier molecular flexibility index (Phi) is 5.44. The fourth-order valence-corrected chi connectivity index (χ4v) is 3.90. The van der Waals surface area contributed by atoms with Crippen LogP contribution in [0.25, 0.3) is 15.2 Å². The molecule has 4 rings (SSSR count). The lowest BCUT2D eigenvalue weighted by Gasteiger charge is -2.07. The largest absolute Gasteiger partial charge is 0.497 e. The van der Waals surface area contributed by atoms with Crippen LogP contribution in [-0.4, -0.2) is 29.1 Å². The molecule has 0 spiro atoms. The number of benzene rings is 2. The summed E-state index contributed by atoms with van der Waals surface area (Å²) in [6.07, 6.45) is 0.0934. The van der Waals surface area contributed by atoms with Gasteiger partial charge in [0.2, 0.25) is 0 Å². The van der Waals surface area contributed by atoms with Crippen molar-refractivity contribution < 1.29 is 19.0 Å². The number of carbonyl (C=O) groups is 1. The van der Waals surface area contributed by atoms with Gasteiger partial charge in [0.05, 0.1) is 36.0 Å². The molecular weight excluding hydrogens is 392 g/mol. The summed E-state index contributed by atoms with van der Waals surface area (Å²) in [5.74, 6) is 0.955. The van der Waals surface area contributed by atoms with Crippen LogP contribution in [0.1, 0.15) is 12.1 Å². The number of fused-ring (bicyclic) bond motifs is 3. The fraction of sp³-hybridized carbons (Fsp3) is 0.190. The number of esters is 1. The molecule has 0 unspecified atom stereocenters. The van der Waals surface area contributed by atoms with Crippen LogP contribution in [0.2, 0.25) is 0 Å². The van der Waals surface area contributed by atoms with Crippen molar-refractivity contribution in [1.29, 1.82) is 0 Å². The molecule has 8 heteroatoms. The van der Waals surface area contributed by atoms with Crippen molar-refractivity contribution in [2.45, 2.75) is 13.0 Å². The van der Waals surface area contributed by atoms with E-state index in [1.54, 1.807) is 35.8 Å². The van der Waals surface area contributed by atoms with Crippen molar-refractivity contribution >= 4 is 32.5 Å². The number of thiazole rings is 1. The summed E-state index contributed by atoms with van der Waals surface area (Å²) in [6.45, 7) is 0.137.